The van der Waals surface area contributed by atoms with Gasteiger partial charge in [-0.3, -0.25) is 0 Å². The Morgan fingerprint density at radius 2 is 2.08 bits per heavy atom. The van der Waals surface area contributed by atoms with Crippen molar-refractivity contribution in [1.82, 2.24) is 0 Å². The number of halogens is 1. The van der Waals surface area contributed by atoms with Gasteiger partial charge in [0.05, 0.1) is 5.60 Å². The maximum Gasteiger partial charge on any atom is 0.0628 e. The average Bonchev–Trinajstić information content (AvgIpc) is 2.62. The summed E-state index contributed by atoms with van der Waals surface area (Å²) in [5.74, 6) is 0.867. The lowest BCUT2D eigenvalue weighted by Crippen LogP contribution is -2.28. The number of hydrogen-bond donors (Lipinski definition) is 0. The van der Waals surface area contributed by atoms with Crippen molar-refractivity contribution >= 4 is 15.9 Å². The maximum atomic E-state index is 5.44. The molecular weight excluding hydrogens is 216 g/mol. The molecule has 0 aromatic rings. The van der Waals surface area contributed by atoms with E-state index >= 15 is 0 Å². The highest BCUT2D eigenvalue weighted by Gasteiger charge is 2.52. The van der Waals surface area contributed by atoms with Gasteiger partial charge in [-0.25, -0.2) is 0 Å². The fourth-order valence-corrected chi connectivity index (χ4v) is 2.93. The molecule has 1 aliphatic carbocycles. The quantitative estimate of drug-likeness (QED) is 0.680. The van der Waals surface area contributed by atoms with Gasteiger partial charge in [0, 0.05) is 12.4 Å². The van der Waals surface area contributed by atoms with Crippen molar-refractivity contribution in [2.75, 3.05) is 12.4 Å². The molecular formula is C10H19BrO. The largest absolute Gasteiger partial charge is 0.379 e. The SMILES string of the molecule is COC(C)(C)CC1(CBr)CC1C. The smallest absolute Gasteiger partial charge is 0.0628 e. The van der Waals surface area contributed by atoms with Crippen molar-refractivity contribution in [3.8, 4) is 0 Å². The molecule has 0 amide bonds. The number of hydrogen-bond acceptors (Lipinski definition) is 1. The Bertz CT molecular complexity index is 163. The average molecular weight is 235 g/mol. The van der Waals surface area contributed by atoms with Gasteiger partial charge in [0.1, 0.15) is 0 Å². The summed E-state index contributed by atoms with van der Waals surface area (Å²) in [6.45, 7) is 6.66. The fourth-order valence-electron chi connectivity index (χ4n) is 1.95. The summed E-state index contributed by atoms with van der Waals surface area (Å²) >= 11 is 3.60. The van der Waals surface area contributed by atoms with Crippen molar-refractivity contribution in [2.24, 2.45) is 11.3 Å². The van der Waals surface area contributed by atoms with Gasteiger partial charge in [0.25, 0.3) is 0 Å². The summed E-state index contributed by atoms with van der Waals surface area (Å²) < 4.78 is 5.44. The first-order chi connectivity index (χ1) is 5.46. The first-order valence-electron chi connectivity index (χ1n) is 4.57. The van der Waals surface area contributed by atoms with Crippen molar-refractivity contribution in [3.05, 3.63) is 0 Å². The molecule has 0 bridgehead atoms. The Balaban J connectivity index is 2.50. The maximum absolute atomic E-state index is 5.44. The van der Waals surface area contributed by atoms with Crippen LogP contribution >= 0.6 is 15.9 Å². The van der Waals surface area contributed by atoms with Gasteiger partial charge in [0.2, 0.25) is 0 Å². The highest BCUT2D eigenvalue weighted by molar-refractivity contribution is 9.09. The standard InChI is InChI=1S/C10H19BrO/c1-8-5-10(8,7-11)6-9(2,3)12-4/h8H,5-7H2,1-4H3. The van der Waals surface area contributed by atoms with Crippen molar-refractivity contribution in [2.45, 2.75) is 39.2 Å². The van der Waals surface area contributed by atoms with Crippen LogP contribution in [0, 0.1) is 11.3 Å². The van der Waals surface area contributed by atoms with Gasteiger partial charge < -0.3 is 4.74 Å². The van der Waals surface area contributed by atoms with Crippen LogP contribution in [0.2, 0.25) is 0 Å². The third-order valence-corrected chi connectivity index (χ3v) is 4.31. The lowest BCUT2D eigenvalue weighted by atomic mass is 9.90. The Morgan fingerprint density at radius 3 is 2.33 bits per heavy atom. The molecule has 2 heteroatoms. The fraction of sp³-hybridized carbons (Fsp3) is 1.00. The van der Waals surface area contributed by atoms with E-state index in [1.54, 1.807) is 7.11 Å². The molecule has 1 nitrogen and oxygen atoms in total. The van der Waals surface area contributed by atoms with Crippen LogP contribution in [0.1, 0.15) is 33.6 Å². The summed E-state index contributed by atoms with van der Waals surface area (Å²) in [5.41, 5.74) is 0.567. The topological polar surface area (TPSA) is 9.23 Å². The van der Waals surface area contributed by atoms with Crippen LogP contribution in [0.3, 0.4) is 0 Å². The minimum Gasteiger partial charge on any atom is -0.379 e. The van der Waals surface area contributed by atoms with Crippen LogP contribution < -0.4 is 0 Å². The van der Waals surface area contributed by atoms with Gasteiger partial charge in [-0.1, -0.05) is 22.9 Å². The summed E-state index contributed by atoms with van der Waals surface area (Å²) in [6.07, 6.45) is 2.52. The number of alkyl halides is 1. The summed E-state index contributed by atoms with van der Waals surface area (Å²) in [4.78, 5) is 0. The van der Waals surface area contributed by atoms with Crippen LogP contribution in [-0.4, -0.2) is 18.0 Å². The predicted molar refractivity (Wildman–Crippen MR) is 55.7 cm³/mol. The molecule has 2 unspecified atom stereocenters. The first kappa shape index (κ1) is 10.5. The molecule has 12 heavy (non-hydrogen) atoms. The molecule has 0 aliphatic heterocycles. The number of ether oxygens (including phenoxy) is 1. The Labute approximate surface area is 84.0 Å². The molecule has 0 spiro atoms. The predicted octanol–water partition coefficient (Wildman–Crippen LogP) is 3.22. The molecule has 2 atom stereocenters. The van der Waals surface area contributed by atoms with E-state index in [0.717, 1.165) is 11.2 Å². The lowest BCUT2D eigenvalue weighted by Gasteiger charge is -2.28. The lowest BCUT2D eigenvalue weighted by molar-refractivity contribution is -0.000604. The highest BCUT2D eigenvalue weighted by atomic mass is 79.9. The molecule has 1 rings (SSSR count). The van der Waals surface area contributed by atoms with E-state index in [2.05, 4.69) is 36.7 Å². The van der Waals surface area contributed by atoms with Crippen molar-refractivity contribution in [1.29, 1.82) is 0 Å². The minimum atomic E-state index is 0.0402. The van der Waals surface area contributed by atoms with Crippen LogP contribution in [0.4, 0.5) is 0 Å². The van der Waals surface area contributed by atoms with Crippen molar-refractivity contribution in [3.63, 3.8) is 0 Å². The Kier molecular flexibility index (Phi) is 2.89. The zero-order valence-electron chi connectivity index (χ0n) is 8.48. The van der Waals surface area contributed by atoms with Gasteiger partial charge in [-0.15, -0.1) is 0 Å². The molecule has 0 radical (unpaired) electrons. The molecule has 72 valence electrons. The van der Waals surface area contributed by atoms with E-state index < -0.39 is 0 Å². The molecule has 1 fully saturated rings. The van der Waals surface area contributed by atoms with E-state index in [9.17, 15) is 0 Å². The Morgan fingerprint density at radius 1 is 1.58 bits per heavy atom. The zero-order valence-corrected chi connectivity index (χ0v) is 10.1. The van der Waals surface area contributed by atoms with Gasteiger partial charge in [-0.05, 0) is 38.0 Å². The highest BCUT2D eigenvalue weighted by Crippen LogP contribution is 2.58. The molecule has 0 aromatic heterocycles. The molecule has 1 saturated carbocycles. The third kappa shape index (κ3) is 2.02. The molecule has 0 heterocycles. The Hall–Kier alpha value is 0.440. The van der Waals surface area contributed by atoms with Gasteiger partial charge >= 0.3 is 0 Å². The van der Waals surface area contributed by atoms with Crippen LogP contribution in [0.15, 0.2) is 0 Å². The summed E-state index contributed by atoms with van der Waals surface area (Å²) in [5, 5.41) is 1.12. The van der Waals surface area contributed by atoms with E-state index in [1.165, 1.54) is 12.8 Å². The monoisotopic (exact) mass is 234 g/mol. The van der Waals surface area contributed by atoms with E-state index in [1.807, 2.05) is 0 Å². The zero-order chi connectivity index (χ0) is 9.41. The third-order valence-electron chi connectivity index (χ3n) is 3.19. The van der Waals surface area contributed by atoms with Gasteiger partial charge in [-0.2, -0.15) is 0 Å². The minimum absolute atomic E-state index is 0.0402. The summed E-state index contributed by atoms with van der Waals surface area (Å²) in [7, 11) is 1.80. The molecule has 0 N–H and O–H groups in total. The van der Waals surface area contributed by atoms with Crippen LogP contribution in [-0.2, 0) is 4.74 Å². The van der Waals surface area contributed by atoms with Crippen molar-refractivity contribution < 1.29 is 4.74 Å². The number of methoxy groups -OCH3 is 1. The second kappa shape index (κ2) is 3.30. The van der Waals surface area contributed by atoms with Gasteiger partial charge in [0.15, 0.2) is 0 Å². The molecule has 0 aromatic carbocycles. The molecule has 0 saturated heterocycles. The molecule has 1 aliphatic rings. The van der Waals surface area contributed by atoms with E-state index in [0.29, 0.717) is 5.41 Å². The summed E-state index contributed by atoms with van der Waals surface area (Å²) in [6, 6.07) is 0. The second-order valence-corrected chi connectivity index (χ2v) is 5.30. The number of rotatable bonds is 4. The normalized spacial score (nSPS) is 35.2. The first-order valence-corrected chi connectivity index (χ1v) is 5.69. The van der Waals surface area contributed by atoms with Crippen LogP contribution in [0.25, 0.3) is 0 Å². The van der Waals surface area contributed by atoms with Crippen LogP contribution in [0.5, 0.6) is 0 Å². The van der Waals surface area contributed by atoms with E-state index in [4.69, 9.17) is 4.74 Å². The van der Waals surface area contributed by atoms with E-state index in [-0.39, 0.29) is 5.60 Å². The second-order valence-electron chi connectivity index (χ2n) is 4.74.